The van der Waals surface area contributed by atoms with Gasteiger partial charge >= 0.3 is 0 Å². The second-order valence-electron chi connectivity index (χ2n) is 9.16. The second-order valence-corrected chi connectivity index (χ2v) is 9.16. The minimum absolute atomic E-state index is 0.00587. The lowest BCUT2D eigenvalue weighted by molar-refractivity contribution is 0.0947. The van der Waals surface area contributed by atoms with E-state index in [1.807, 2.05) is 42.5 Å². The van der Waals surface area contributed by atoms with Crippen LogP contribution < -0.4 is 15.4 Å². The lowest BCUT2D eigenvalue weighted by Crippen LogP contribution is -2.48. The summed E-state index contributed by atoms with van der Waals surface area (Å²) in [5, 5.41) is 6.90. The molecule has 2 N–H and O–H groups in total. The summed E-state index contributed by atoms with van der Waals surface area (Å²) in [5.41, 5.74) is 3.27. The summed E-state index contributed by atoms with van der Waals surface area (Å²) < 4.78 is 5.56. The van der Waals surface area contributed by atoms with Crippen molar-refractivity contribution in [3.8, 4) is 5.75 Å². The van der Waals surface area contributed by atoms with Crippen LogP contribution in [-0.4, -0.2) is 43.6 Å². The molecule has 35 heavy (non-hydrogen) atoms. The summed E-state index contributed by atoms with van der Waals surface area (Å²) in [7, 11) is 1.73. The molecule has 1 aliphatic heterocycles. The van der Waals surface area contributed by atoms with E-state index in [1.165, 1.54) is 17.5 Å². The van der Waals surface area contributed by atoms with Crippen LogP contribution >= 0.6 is 0 Å². The molecule has 0 saturated carbocycles. The predicted molar refractivity (Wildman–Crippen MR) is 142 cm³/mol. The summed E-state index contributed by atoms with van der Waals surface area (Å²) in [6.07, 6.45) is 4.35. The van der Waals surface area contributed by atoms with Crippen molar-refractivity contribution in [2.75, 3.05) is 26.7 Å². The third kappa shape index (κ3) is 6.93. The lowest BCUT2D eigenvalue weighted by Gasteiger charge is -2.42. The Morgan fingerprint density at radius 3 is 2.43 bits per heavy atom. The summed E-state index contributed by atoms with van der Waals surface area (Å²) in [5.74, 6) is 0.938. The number of nitrogens with one attached hydrogen (secondary N) is 2. The number of para-hydroxylation sites is 1. The summed E-state index contributed by atoms with van der Waals surface area (Å²) in [6.45, 7) is 3.61. The van der Waals surface area contributed by atoms with Crippen LogP contribution in [0.25, 0.3) is 0 Å². The van der Waals surface area contributed by atoms with Crippen LogP contribution in [0.5, 0.6) is 5.75 Å². The first-order chi connectivity index (χ1) is 17.3. The van der Waals surface area contributed by atoms with Crippen LogP contribution in [-0.2, 0) is 6.54 Å². The Labute approximate surface area is 209 Å². The number of carbonyl (C=O) groups is 1. The van der Waals surface area contributed by atoms with Gasteiger partial charge in [-0.1, -0.05) is 66.7 Å². The van der Waals surface area contributed by atoms with Crippen LogP contribution in [0.2, 0.25) is 0 Å². The number of unbranched alkanes of at least 4 members (excludes halogenated alkanes) is 1. The molecule has 4 rings (SSSR count). The van der Waals surface area contributed by atoms with Gasteiger partial charge in [-0.15, -0.1) is 0 Å². The van der Waals surface area contributed by atoms with Gasteiger partial charge < -0.3 is 15.4 Å². The maximum Gasteiger partial charge on any atom is 0.251 e. The SMILES string of the molecule is COc1ccccc1CN[C@H]1CCCN(CCCCNC(=O)c2ccccc2)[C@H]1c1ccccc1. The fraction of sp³-hybridized carbons (Fsp3) is 0.367. The molecule has 1 saturated heterocycles. The van der Waals surface area contributed by atoms with Crippen molar-refractivity contribution in [3.05, 3.63) is 102 Å². The molecule has 0 aromatic heterocycles. The molecule has 1 amide bonds. The van der Waals surface area contributed by atoms with Crippen molar-refractivity contribution in [2.24, 2.45) is 0 Å². The summed E-state index contributed by atoms with van der Waals surface area (Å²) in [4.78, 5) is 14.9. The van der Waals surface area contributed by atoms with Gasteiger partial charge in [0.2, 0.25) is 0 Å². The van der Waals surface area contributed by atoms with E-state index in [4.69, 9.17) is 4.74 Å². The minimum Gasteiger partial charge on any atom is -0.496 e. The number of hydrogen-bond donors (Lipinski definition) is 2. The highest BCUT2D eigenvalue weighted by Gasteiger charge is 2.32. The molecule has 1 aliphatic rings. The van der Waals surface area contributed by atoms with Gasteiger partial charge in [0.1, 0.15) is 5.75 Å². The fourth-order valence-electron chi connectivity index (χ4n) is 5.05. The molecule has 0 aliphatic carbocycles. The number of piperidine rings is 1. The van der Waals surface area contributed by atoms with Gasteiger partial charge in [0.25, 0.3) is 5.91 Å². The molecule has 3 aromatic rings. The Kier molecular flexibility index (Phi) is 9.32. The number of likely N-dealkylation sites (tertiary alicyclic amines) is 1. The zero-order valence-corrected chi connectivity index (χ0v) is 20.7. The number of amides is 1. The molecule has 1 fully saturated rings. The van der Waals surface area contributed by atoms with Gasteiger partial charge in [-0.3, -0.25) is 9.69 Å². The Hall–Kier alpha value is -3.15. The number of ether oxygens (including phenoxy) is 1. The van der Waals surface area contributed by atoms with E-state index >= 15 is 0 Å². The van der Waals surface area contributed by atoms with Gasteiger partial charge in [0.15, 0.2) is 0 Å². The first-order valence-corrected chi connectivity index (χ1v) is 12.7. The third-order valence-electron chi connectivity index (χ3n) is 6.82. The Morgan fingerprint density at radius 2 is 1.66 bits per heavy atom. The third-order valence-corrected chi connectivity index (χ3v) is 6.82. The average Bonchev–Trinajstić information content (AvgIpc) is 2.92. The van der Waals surface area contributed by atoms with Crippen molar-refractivity contribution in [2.45, 2.75) is 44.3 Å². The van der Waals surface area contributed by atoms with E-state index in [1.54, 1.807) is 7.11 Å². The van der Waals surface area contributed by atoms with E-state index < -0.39 is 0 Å². The van der Waals surface area contributed by atoms with Crippen LogP contribution in [0.4, 0.5) is 0 Å². The standard InChI is InChI=1S/C30H37N3O2/c1-35-28-19-9-8-17-26(28)23-32-27-18-12-22-33(29(27)24-13-4-2-5-14-24)21-11-10-20-31-30(34)25-15-6-3-7-16-25/h2-9,13-17,19,27,29,32H,10-12,18,20-23H2,1H3,(H,31,34)/t27-,29-/m0/s1. The average molecular weight is 472 g/mol. The van der Waals surface area contributed by atoms with Gasteiger partial charge in [-0.05, 0) is 62.5 Å². The number of rotatable bonds is 11. The molecule has 0 spiro atoms. The highest BCUT2D eigenvalue weighted by Crippen LogP contribution is 2.32. The lowest BCUT2D eigenvalue weighted by atomic mass is 9.89. The van der Waals surface area contributed by atoms with Crippen molar-refractivity contribution in [3.63, 3.8) is 0 Å². The monoisotopic (exact) mass is 471 g/mol. The topological polar surface area (TPSA) is 53.6 Å². The van der Waals surface area contributed by atoms with E-state index in [2.05, 4.69) is 58.0 Å². The first kappa shape index (κ1) is 25.0. The second kappa shape index (κ2) is 13.1. The molecule has 184 valence electrons. The molecule has 0 radical (unpaired) electrons. The molecule has 1 heterocycles. The van der Waals surface area contributed by atoms with Gasteiger partial charge in [-0.25, -0.2) is 0 Å². The zero-order valence-electron chi connectivity index (χ0n) is 20.7. The quantitative estimate of drug-likeness (QED) is 0.378. The molecular weight excluding hydrogens is 434 g/mol. The van der Waals surface area contributed by atoms with Crippen LogP contribution in [0, 0.1) is 0 Å². The molecular formula is C30H37N3O2. The molecule has 0 bridgehead atoms. The number of carbonyl (C=O) groups excluding carboxylic acids is 1. The zero-order chi connectivity index (χ0) is 24.3. The summed E-state index contributed by atoms with van der Waals surface area (Å²) in [6, 6.07) is 29.2. The molecule has 3 aromatic carbocycles. The molecule has 0 unspecified atom stereocenters. The van der Waals surface area contributed by atoms with Crippen molar-refractivity contribution < 1.29 is 9.53 Å². The highest BCUT2D eigenvalue weighted by molar-refractivity contribution is 5.94. The van der Waals surface area contributed by atoms with Crippen LogP contribution in [0.1, 0.15) is 53.2 Å². The number of nitrogens with zero attached hydrogens (tertiary/aromatic N) is 1. The summed E-state index contributed by atoms with van der Waals surface area (Å²) >= 11 is 0. The van der Waals surface area contributed by atoms with Gasteiger partial charge in [0, 0.05) is 30.3 Å². The van der Waals surface area contributed by atoms with Crippen molar-refractivity contribution in [1.82, 2.24) is 15.5 Å². The highest BCUT2D eigenvalue weighted by atomic mass is 16.5. The number of benzene rings is 3. The minimum atomic E-state index is 0.00587. The fourth-order valence-corrected chi connectivity index (χ4v) is 5.05. The number of hydrogen-bond acceptors (Lipinski definition) is 4. The molecule has 2 atom stereocenters. The van der Waals surface area contributed by atoms with E-state index in [0.29, 0.717) is 18.6 Å². The molecule has 5 heteroatoms. The first-order valence-electron chi connectivity index (χ1n) is 12.7. The Morgan fingerprint density at radius 1 is 0.943 bits per heavy atom. The molecule has 5 nitrogen and oxygen atoms in total. The Bertz CT molecular complexity index is 1040. The largest absolute Gasteiger partial charge is 0.496 e. The van der Waals surface area contributed by atoms with Crippen molar-refractivity contribution in [1.29, 1.82) is 0 Å². The van der Waals surface area contributed by atoms with Crippen molar-refractivity contribution >= 4 is 5.91 Å². The van der Waals surface area contributed by atoms with Crippen LogP contribution in [0.3, 0.4) is 0 Å². The van der Waals surface area contributed by atoms with E-state index in [-0.39, 0.29) is 5.91 Å². The number of methoxy groups -OCH3 is 1. The van der Waals surface area contributed by atoms with Crippen LogP contribution in [0.15, 0.2) is 84.9 Å². The van der Waals surface area contributed by atoms with Gasteiger partial charge in [0.05, 0.1) is 13.2 Å². The van der Waals surface area contributed by atoms with E-state index in [0.717, 1.165) is 50.2 Å². The Balaban J connectivity index is 1.34. The predicted octanol–water partition coefficient (Wildman–Crippen LogP) is 5.20. The van der Waals surface area contributed by atoms with Gasteiger partial charge in [-0.2, -0.15) is 0 Å². The van der Waals surface area contributed by atoms with E-state index in [9.17, 15) is 4.79 Å². The smallest absolute Gasteiger partial charge is 0.251 e. The normalized spacial score (nSPS) is 18.2. The maximum atomic E-state index is 12.3. The maximum absolute atomic E-state index is 12.3.